The van der Waals surface area contributed by atoms with Crippen molar-refractivity contribution >= 4 is 11.8 Å². The Morgan fingerprint density at radius 2 is 1.87 bits per heavy atom. The molecule has 0 saturated carbocycles. The van der Waals surface area contributed by atoms with Gasteiger partial charge in [-0.3, -0.25) is 9.59 Å². The Kier molecular flexibility index (Phi) is 6.44. The highest BCUT2D eigenvalue weighted by Gasteiger charge is 2.16. The van der Waals surface area contributed by atoms with Crippen molar-refractivity contribution in [1.29, 1.82) is 0 Å². The first-order valence-corrected chi connectivity index (χ1v) is 8.32. The normalized spacial score (nSPS) is 15.0. The maximum atomic E-state index is 12.2. The smallest absolute Gasteiger partial charge is 0.251 e. The van der Waals surface area contributed by atoms with Crippen LogP contribution in [0.25, 0.3) is 0 Å². The van der Waals surface area contributed by atoms with Gasteiger partial charge in [0, 0.05) is 31.6 Å². The van der Waals surface area contributed by atoms with E-state index >= 15 is 0 Å². The molecule has 0 aromatic heterocycles. The quantitative estimate of drug-likeness (QED) is 0.907. The summed E-state index contributed by atoms with van der Waals surface area (Å²) >= 11 is 0. The third-order valence-electron chi connectivity index (χ3n) is 4.26. The second kappa shape index (κ2) is 8.56. The van der Waals surface area contributed by atoms with Gasteiger partial charge in [-0.05, 0) is 43.5 Å². The number of nitrogens with one attached hydrogen (secondary N) is 1. The van der Waals surface area contributed by atoms with E-state index in [2.05, 4.69) is 5.32 Å². The summed E-state index contributed by atoms with van der Waals surface area (Å²) in [4.78, 5) is 26.3. The van der Waals surface area contributed by atoms with E-state index in [1.54, 1.807) is 19.2 Å². The molecular formula is C18H26N2O3. The molecule has 1 fully saturated rings. The van der Waals surface area contributed by atoms with Gasteiger partial charge in [-0.1, -0.05) is 12.8 Å². The summed E-state index contributed by atoms with van der Waals surface area (Å²) in [6, 6.07) is 5.35. The molecule has 5 heteroatoms. The molecule has 0 spiro atoms. The van der Waals surface area contributed by atoms with E-state index in [9.17, 15) is 9.59 Å². The van der Waals surface area contributed by atoms with Gasteiger partial charge in [0.2, 0.25) is 5.91 Å². The largest absolute Gasteiger partial charge is 0.497 e. The number of likely N-dealkylation sites (tertiary alicyclic amines) is 1. The molecular weight excluding hydrogens is 292 g/mol. The lowest BCUT2D eigenvalue weighted by Crippen LogP contribution is -2.35. The van der Waals surface area contributed by atoms with E-state index in [0.717, 1.165) is 37.2 Å². The predicted molar refractivity (Wildman–Crippen MR) is 89.7 cm³/mol. The van der Waals surface area contributed by atoms with Crippen LogP contribution in [0.5, 0.6) is 5.75 Å². The van der Waals surface area contributed by atoms with Crippen LogP contribution in [0.3, 0.4) is 0 Å². The molecule has 1 aromatic carbocycles. The van der Waals surface area contributed by atoms with Gasteiger partial charge in [0.05, 0.1) is 7.11 Å². The van der Waals surface area contributed by atoms with Crippen LogP contribution in [0, 0.1) is 6.92 Å². The van der Waals surface area contributed by atoms with Gasteiger partial charge in [-0.15, -0.1) is 0 Å². The van der Waals surface area contributed by atoms with E-state index in [1.165, 1.54) is 12.8 Å². The minimum atomic E-state index is -0.145. The lowest BCUT2D eigenvalue weighted by molar-refractivity contribution is -0.131. The number of ether oxygens (including phenoxy) is 1. The van der Waals surface area contributed by atoms with Gasteiger partial charge in [0.15, 0.2) is 0 Å². The van der Waals surface area contributed by atoms with Crippen LogP contribution in [0.2, 0.25) is 0 Å². The van der Waals surface area contributed by atoms with Crippen molar-refractivity contribution in [3.63, 3.8) is 0 Å². The van der Waals surface area contributed by atoms with E-state index in [4.69, 9.17) is 4.74 Å². The van der Waals surface area contributed by atoms with Crippen molar-refractivity contribution < 1.29 is 14.3 Å². The topological polar surface area (TPSA) is 58.6 Å². The fraction of sp³-hybridized carbons (Fsp3) is 0.556. The lowest BCUT2D eigenvalue weighted by atomic mass is 10.1. The zero-order chi connectivity index (χ0) is 16.7. The molecule has 5 nitrogen and oxygen atoms in total. The molecule has 1 heterocycles. The van der Waals surface area contributed by atoms with Crippen molar-refractivity contribution in [1.82, 2.24) is 10.2 Å². The SMILES string of the molecule is COc1ccc(C(=O)NCCC(=O)N2CCCCCC2)c(C)c1. The van der Waals surface area contributed by atoms with Crippen molar-refractivity contribution in [2.45, 2.75) is 39.0 Å². The molecule has 23 heavy (non-hydrogen) atoms. The molecule has 126 valence electrons. The molecule has 0 aliphatic carbocycles. The number of hydrogen-bond acceptors (Lipinski definition) is 3. The second-order valence-electron chi connectivity index (χ2n) is 5.98. The van der Waals surface area contributed by atoms with Crippen LogP contribution < -0.4 is 10.1 Å². The van der Waals surface area contributed by atoms with Crippen LogP contribution in [-0.2, 0) is 4.79 Å². The maximum absolute atomic E-state index is 12.2. The Hall–Kier alpha value is -2.04. The number of benzene rings is 1. The van der Waals surface area contributed by atoms with E-state index in [1.807, 2.05) is 17.9 Å². The Morgan fingerprint density at radius 1 is 1.17 bits per heavy atom. The molecule has 0 bridgehead atoms. The van der Waals surface area contributed by atoms with E-state index in [-0.39, 0.29) is 11.8 Å². The Labute approximate surface area is 138 Å². The van der Waals surface area contributed by atoms with Crippen LogP contribution in [0.1, 0.15) is 48.0 Å². The molecule has 0 atom stereocenters. The predicted octanol–water partition coefficient (Wildman–Crippen LogP) is 2.53. The molecule has 1 N–H and O–H groups in total. The number of rotatable bonds is 5. The standard InChI is InChI=1S/C18H26N2O3/c1-14-13-15(23-2)7-8-16(14)18(22)19-10-9-17(21)20-11-5-3-4-6-12-20/h7-8,13H,3-6,9-12H2,1-2H3,(H,19,22). The molecule has 0 unspecified atom stereocenters. The molecule has 1 aliphatic heterocycles. The average molecular weight is 318 g/mol. The number of carbonyl (C=O) groups excluding carboxylic acids is 2. The fourth-order valence-corrected chi connectivity index (χ4v) is 2.87. The van der Waals surface area contributed by atoms with Gasteiger partial charge in [0.1, 0.15) is 5.75 Å². The van der Waals surface area contributed by atoms with Crippen LogP contribution in [0.15, 0.2) is 18.2 Å². The Bertz CT molecular complexity index is 549. The van der Waals surface area contributed by atoms with Gasteiger partial charge in [-0.2, -0.15) is 0 Å². The second-order valence-corrected chi connectivity index (χ2v) is 5.98. The van der Waals surface area contributed by atoms with E-state index < -0.39 is 0 Å². The number of nitrogens with zero attached hydrogens (tertiary/aromatic N) is 1. The average Bonchev–Trinajstić information content (AvgIpc) is 2.83. The van der Waals surface area contributed by atoms with Gasteiger partial charge in [-0.25, -0.2) is 0 Å². The summed E-state index contributed by atoms with van der Waals surface area (Å²) in [5.41, 5.74) is 1.48. The first-order chi connectivity index (χ1) is 11.1. The molecule has 2 rings (SSSR count). The van der Waals surface area contributed by atoms with Crippen molar-refractivity contribution in [3.05, 3.63) is 29.3 Å². The maximum Gasteiger partial charge on any atom is 0.251 e. The third-order valence-corrected chi connectivity index (χ3v) is 4.26. The van der Waals surface area contributed by atoms with Gasteiger partial charge >= 0.3 is 0 Å². The molecule has 1 aliphatic rings. The van der Waals surface area contributed by atoms with Crippen molar-refractivity contribution in [2.24, 2.45) is 0 Å². The van der Waals surface area contributed by atoms with Gasteiger partial charge < -0.3 is 15.0 Å². The monoisotopic (exact) mass is 318 g/mol. The Balaban J connectivity index is 1.81. The molecule has 1 aromatic rings. The lowest BCUT2D eigenvalue weighted by Gasteiger charge is -2.20. The third kappa shape index (κ3) is 4.98. The first-order valence-electron chi connectivity index (χ1n) is 8.32. The summed E-state index contributed by atoms with van der Waals surface area (Å²) in [5.74, 6) is 0.725. The first kappa shape index (κ1) is 17.3. The zero-order valence-corrected chi connectivity index (χ0v) is 14.1. The van der Waals surface area contributed by atoms with E-state index in [0.29, 0.717) is 18.5 Å². The highest BCUT2D eigenvalue weighted by atomic mass is 16.5. The number of carbonyl (C=O) groups is 2. The zero-order valence-electron chi connectivity index (χ0n) is 14.1. The number of hydrogen-bond donors (Lipinski definition) is 1. The van der Waals surface area contributed by atoms with Crippen molar-refractivity contribution in [2.75, 3.05) is 26.7 Å². The minimum absolute atomic E-state index is 0.138. The number of aryl methyl sites for hydroxylation is 1. The molecule has 1 saturated heterocycles. The summed E-state index contributed by atoms with van der Waals surface area (Å²) in [7, 11) is 1.60. The minimum Gasteiger partial charge on any atom is -0.497 e. The summed E-state index contributed by atoms with van der Waals surface area (Å²) in [6.45, 7) is 3.95. The van der Waals surface area contributed by atoms with Crippen LogP contribution >= 0.6 is 0 Å². The molecule has 0 radical (unpaired) electrons. The summed E-state index contributed by atoms with van der Waals surface area (Å²) in [5, 5.41) is 2.84. The highest BCUT2D eigenvalue weighted by Crippen LogP contribution is 2.16. The fourth-order valence-electron chi connectivity index (χ4n) is 2.87. The van der Waals surface area contributed by atoms with Gasteiger partial charge in [0.25, 0.3) is 5.91 Å². The van der Waals surface area contributed by atoms with Crippen LogP contribution in [0.4, 0.5) is 0 Å². The number of amides is 2. The Morgan fingerprint density at radius 3 is 2.48 bits per heavy atom. The van der Waals surface area contributed by atoms with Crippen molar-refractivity contribution in [3.8, 4) is 5.75 Å². The molecule has 2 amide bonds. The summed E-state index contributed by atoms with van der Waals surface area (Å²) < 4.78 is 5.14. The number of methoxy groups -OCH3 is 1. The van der Waals surface area contributed by atoms with Crippen LogP contribution in [-0.4, -0.2) is 43.5 Å². The summed E-state index contributed by atoms with van der Waals surface area (Å²) in [6.07, 6.45) is 4.95. The highest BCUT2D eigenvalue weighted by molar-refractivity contribution is 5.96.